The molecular formula is C15H22O8S2. The van der Waals surface area contributed by atoms with E-state index in [4.69, 9.17) is 9.47 Å². The zero-order chi connectivity index (χ0) is 19.1. The van der Waals surface area contributed by atoms with Crippen LogP contribution in [0.1, 0.15) is 32.1 Å². The van der Waals surface area contributed by atoms with E-state index in [1.807, 2.05) is 0 Å². The van der Waals surface area contributed by atoms with Crippen molar-refractivity contribution < 1.29 is 38.9 Å². The van der Waals surface area contributed by atoms with Gasteiger partial charge in [0.15, 0.2) is 10.8 Å². The van der Waals surface area contributed by atoms with Crippen molar-refractivity contribution in [2.75, 3.05) is 24.7 Å². The summed E-state index contributed by atoms with van der Waals surface area (Å²) in [5.41, 5.74) is -5.01. The number of hydrogen-bond donors (Lipinski definition) is 4. The summed E-state index contributed by atoms with van der Waals surface area (Å²) in [4.78, 5) is 49.0. The predicted molar refractivity (Wildman–Crippen MR) is 92.8 cm³/mol. The summed E-state index contributed by atoms with van der Waals surface area (Å²) in [5, 5.41) is 19.2. The molecule has 2 N–H and O–H groups in total. The molecule has 0 aliphatic heterocycles. The Bertz CT molecular complexity index is 498. The number of carbonyl (C=O) groups excluding carboxylic acids is 2. The van der Waals surface area contributed by atoms with Gasteiger partial charge in [-0.25, -0.2) is 0 Å². The van der Waals surface area contributed by atoms with E-state index in [-0.39, 0.29) is 32.5 Å². The molecule has 0 amide bonds. The molecule has 1 fully saturated rings. The number of carboxylic acid groups (broad SMARTS) is 2. The van der Waals surface area contributed by atoms with E-state index in [1.165, 1.54) is 0 Å². The molecule has 25 heavy (non-hydrogen) atoms. The van der Waals surface area contributed by atoms with Crippen LogP contribution in [0.2, 0.25) is 0 Å². The van der Waals surface area contributed by atoms with Gasteiger partial charge >= 0.3 is 23.9 Å². The first kappa shape index (κ1) is 21.6. The average molecular weight is 394 g/mol. The zero-order valence-electron chi connectivity index (χ0n) is 13.6. The molecule has 10 heteroatoms. The van der Waals surface area contributed by atoms with Crippen molar-refractivity contribution in [1.29, 1.82) is 0 Å². The first-order valence-corrected chi connectivity index (χ1v) is 9.10. The van der Waals surface area contributed by atoms with Gasteiger partial charge in [-0.2, -0.15) is 25.3 Å². The summed E-state index contributed by atoms with van der Waals surface area (Å²) in [5.74, 6) is -5.03. The summed E-state index contributed by atoms with van der Waals surface area (Å²) in [6, 6.07) is 0. The van der Waals surface area contributed by atoms with Crippen LogP contribution in [0, 0.1) is 10.8 Å². The number of ether oxygens (including phenoxy) is 2. The van der Waals surface area contributed by atoms with Gasteiger partial charge in [-0.1, -0.05) is 0 Å². The van der Waals surface area contributed by atoms with Gasteiger partial charge in [-0.05, 0) is 43.6 Å². The van der Waals surface area contributed by atoms with Gasteiger partial charge in [0.25, 0.3) is 0 Å². The number of thiol groups is 2. The quantitative estimate of drug-likeness (QED) is 0.187. The highest BCUT2D eigenvalue weighted by molar-refractivity contribution is 7.80. The highest BCUT2D eigenvalue weighted by Gasteiger charge is 2.74. The number of rotatable bonds is 10. The van der Waals surface area contributed by atoms with Crippen LogP contribution in [0.4, 0.5) is 0 Å². The third-order valence-electron chi connectivity index (χ3n) is 4.33. The van der Waals surface area contributed by atoms with Crippen molar-refractivity contribution in [2.24, 2.45) is 10.8 Å². The van der Waals surface area contributed by atoms with Crippen LogP contribution < -0.4 is 0 Å². The zero-order valence-corrected chi connectivity index (χ0v) is 15.4. The maximum Gasteiger partial charge on any atom is 0.325 e. The van der Waals surface area contributed by atoms with Crippen molar-refractivity contribution in [2.45, 2.75) is 32.1 Å². The highest BCUT2D eigenvalue weighted by Crippen LogP contribution is 2.55. The van der Waals surface area contributed by atoms with Gasteiger partial charge in [-0.15, -0.1) is 0 Å². The lowest BCUT2D eigenvalue weighted by atomic mass is 9.65. The number of aliphatic carboxylic acids is 2. The molecule has 8 nitrogen and oxygen atoms in total. The van der Waals surface area contributed by atoms with Gasteiger partial charge < -0.3 is 19.7 Å². The van der Waals surface area contributed by atoms with Gasteiger partial charge in [0, 0.05) is 0 Å². The fourth-order valence-electron chi connectivity index (χ4n) is 3.06. The van der Waals surface area contributed by atoms with E-state index >= 15 is 0 Å². The lowest BCUT2D eigenvalue weighted by Crippen LogP contribution is -2.59. The summed E-state index contributed by atoms with van der Waals surface area (Å²) in [6.07, 6.45) is 0.216. The van der Waals surface area contributed by atoms with Crippen LogP contribution in [-0.4, -0.2) is 58.8 Å². The van der Waals surface area contributed by atoms with Gasteiger partial charge in [-0.3, -0.25) is 19.2 Å². The molecule has 0 saturated heterocycles. The summed E-state index contributed by atoms with van der Waals surface area (Å²) < 4.78 is 10.0. The maximum absolute atomic E-state index is 12.7. The van der Waals surface area contributed by atoms with Crippen LogP contribution in [0.25, 0.3) is 0 Å². The first-order valence-electron chi connectivity index (χ1n) is 7.84. The maximum atomic E-state index is 12.7. The molecule has 0 aromatic carbocycles. The molecular weight excluding hydrogens is 372 g/mol. The van der Waals surface area contributed by atoms with Gasteiger partial charge in [0.1, 0.15) is 0 Å². The van der Waals surface area contributed by atoms with Crippen molar-refractivity contribution in [3.05, 3.63) is 0 Å². The van der Waals surface area contributed by atoms with Crippen molar-refractivity contribution in [3.63, 3.8) is 0 Å². The van der Waals surface area contributed by atoms with Crippen LogP contribution >= 0.6 is 25.3 Å². The number of carboxylic acids is 2. The Morgan fingerprint density at radius 1 is 0.800 bits per heavy atom. The van der Waals surface area contributed by atoms with Gasteiger partial charge in [0.05, 0.1) is 13.2 Å². The second-order valence-electron chi connectivity index (χ2n) is 5.70. The molecule has 0 heterocycles. The fraction of sp³-hybridized carbons (Fsp3) is 0.733. The van der Waals surface area contributed by atoms with E-state index < -0.39 is 34.7 Å². The van der Waals surface area contributed by atoms with Crippen molar-refractivity contribution >= 4 is 49.1 Å². The Labute approximate surface area is 156 Å². The van der Waals surface area contributed by atoms with E-state index in [9.17, 15) is 29.4 Å². The summed E-state index contributed by atoms with van der Waals surface area (Å²) >= 11 is 7.94. The third-order valence-corrected chi connectivity index (χ3v) is 4.96. The van der Waals surface area contributed by atoms with E-state index in [0.29, 0.717) is 24.3 Å². The third kappa shape index (κ3) is 3.89. The minimum absolute atomic E-state index is 0.0714. The second kappa shape index (κ2) is 9.33. The Morgan fingerprint density at radius 3 is 1.56 bits per heavy atom. The molecule has 142 valence electrons. The Hall–Kier alpha value is -1.42. The molecule has 1 aliphatic rings. The largest absolute Gasteiger partial charge is 0.480 e. The van der Waals surface area contributed by atoms with E-state index in [2.05, 4.69) is 25.3 Å². The molecule has 0 bridgehead atoms. The monoisotopic (exact) mass is 394 g/mol. The lowest BCUT2D eigenvalue weighted by Gasteiger charge is -2.35. The molecule has 1 aliphatic carbocycles. The van der Waals surface area contributed by atoms with Crippen LogP contribution in [0.5, 0.6) is 0 Å². The second-order valence-corrected chi connectivity index (χ2v) is 6.60. The van der Waals surface area contributed by atoms with Crippen molar-refractivity contribution in [3.8, 4) is 0 Å². The van der Waals surface area contributed by atoms with E-state index in [1.54, 1.807) is 0 Å². The molecule has 0 spiro atoms. The number of carbonyl (C=O) groups is 4. The SMILES string of the molecule is O=C(O)C1(C(=O)O)CCCC1(C(=O)OCCCS)C(=O)OCCCS. The van der Waals surface area contributed by atoms with Crippen LogP contribution in [-0.2, 0) is 28.7 Å². The predicted octanol–water partition coefficient (Wildman–Crippen LogP) is 1.04. The Balaban J connectivity index is 3.30. The van der Waals surface area contributed by atoms with Crippen LogP contribution in [0.3, 0.4) is 0 Å². The normalized spacial score (nSPS) is 17.7. The fourth-order valence-corrected chi connectivity index (χ4v) is 3.32. The van der Waals surface area contributed by atoms with E-state index in [0.717, 1.165) is 0 Å². The lowest BCUT2D eigenvalue weighted by molar-refractivity contribution is -0.196. The molecule has 0 aromatic heterocycles. The number of esters is 2. The molecule has 0 aromatic rings. The van der Waals surface area contributed by atoms with Gasteiger partial charge in [0.2, 0.25) is 0 Å². The topological polar surface area (TPSA) is 127 Å². The Morgan fingerprint density at radius 2 is 1.20 bits per heavy atom. The van der Waals surface area contributed by atoms with Crippen molar-refractivity contribution in [1.82, 2.24) is 0 Å². The Kier molecular flexibility index (Phi) is 8.07. The summed E-state index contributed by atoms with van der Waals surface area (Å²) in [7, 11) is 0. The van der Waals surface area contributed by atoms with Crippen LogP contribution in [0.15, 0.2) is 0 Å². The molecule has 0 radical (unpaired) electrons. The average Bonchev–Trinajstić information content (AvgIpc) is 2.97. The smallest absolute Gasteiger partial charge is 0.325 e. The minimum Gasteiger partial charge on any atom is -0.480 e. The highest BCUT2D eigenvalue weighted by atomic mass is 32.1. The first-order chi connectivity index (χ1) is 11.8. The molecule has 0 atom stereocenters. The standard InChI is InChI=1S/C15H22O8S2/c16-10(17)14(11(18)19)4-1-5-15(14,12(20)22-6-2-8-24)13(21)23-7-3-9-25/h24-25H,1-9H2,(H,16,17)(H,18,19). The molecule has 1 rings (SSSR count). The summed E-state index contributed by atoms with van der Waals surface area (Å²) in [6.45, 7) is -0.188. The minimum atomic E-state index is -2.61. The molecule has 1 saturated carbocycles. The number of hydrogen-bond acceptors (Lipinski definition) is 8. The molecule has 0 unspecified atom stereocenters.